The molecule has 1 aromatic carbocycles. The Hall–Kier alpha value is -2.48. The van der Waals surface area contributed by atoms with Gasteiger partial charge in [-0.15, -0.1) is 11.3 Å². The van der Waals surface area contributed by atoms with Crippen molar-refractivity contribution in [1.82, 2.24) is 25.1 Å². The third kappa shape index (κ3) is 3.65. The highest BCUT2D eigenvalue weighted by Gasteiger charge is 2.06. The maximum Gasteiger partial charge on any atom is 0.319 e. The van der Waals surface area contributed by atoms with Crippen molar-refractivity contribution in [2.45, 2.75) is 27.3 Å². The number of fused-ring (bicyclic) bond motifs is 1. The third-order valence-corrected chi connectivity index (χ3v) is 4.28. The second-order valence-corrected chi connectivity index (χ2v) is 6.46. The summed E-state index contributed by atoms with van der Waals surface area (Å²) in [7, 11) is 0. The molecular formula is C15H18N6OS. The monoisotopic (exact) mass is 330 g/mol. The second kappa shape index (κ2) is 6.33. The summed E-state index contributed by atoms with van der Waals surface area (Å²) in [5.41, 5.74) is 1.63. The van der Waals surface area contributed by atoms with E-state index in [1.54, 1.807) is 16.0 Å². The maximum atomic E-state index is 11.9. The van der Waals surface area contributed by atoms with Gasteiger partial charge in [0.15, 0.2) is 0 Å². The number of amides is 2. The Morgan fingerprint density at radius 3 is 2.83 bits per heavy atom. The van der Waals surface area contributed by atoms with Crippen molar-refractivity contribution in [2.24, 2.45) is 0 Å². The van der Waals surface area contributed by atoms with Crippen LogP contribution in [0.3, 0.4) is 0 Å². The highest BCUT2D eigenvalue weighted by Crippen LogP contribution is 2.24. The lowest BCUT2D eigenvalue weighted by Crippen LogP contribution is -2.31. The number of anilines is 1. The van der Waals surface area contributed by atoms with Crippen LogP contribution < -0.4 is 10.6 Å². The molecule has 120 valence electrons. The lowest BCUT2D eigenvalue weighted by molar-refractivity contribution is 0.251. The molecule has 0 aliphatic rings. The van der Waals surface area contributed by atoms with Crippen LogP contribution in [-0.2, 0) is 6.54 Å². The van der Waals surface area contributed by atoms with Crippen LogP contribution in [0.4, 0.5) is 10.5 Å². The second-order valence-electron chi connectivity index (χ2n) is 5.23. The molecule has 8 heteroatoms. The fourth-order valence-electron chi connectivity index (χ4n) is 2.34. The molecule has 0 saturated carbocycles. The lowest BCUT2D eigenvalue weighted by Gasteiger charge is -2.08. The largest absolute Gasteiger partial charge is 0.336 e. The number of aromatic nitrogens is 4. The highest BCUT2D eigenvalue weighted by molar-refractivity contribution is 7.18. The Kier molecular flexibility index (Phi) is 4.24. The highest BCUT2D eigenvalue weighted by atomic mass is 32.1. The van der Waals surface area contributed by atoms with E-state index in [-0.39, 0.29) is 6.03 Å². The number of aryl methyl sites for hydroxylation is 3. The van der Waals surface area contributed by atoms with Gasteiger partial charge >= 0.3 is 6.03 Å². The van der Waals surface area contributed by atoms with E-state index in [1.165, 1.54) is 0 Å². The van der Waals surface area contributed by atoms with E-state index in [0.29, 0.717) is 13.1 Å². The fraction of sp³-hybridized carbons (Fsp3) is 0.333. The number of urea groups is 1. The van der Waals surface area contributed by atoms with E-state index in [9.17, 15) is 4.79 Å². The first-order valence-corrected chi connectivity index (χ1v) is 8.13. The molecule has 2 aromatic heterocycles. The zero-order valence-corrected chi connectivity index (χ0v) is 14.1. The van der Waals surface area contributed by atoms with Crippen LogP contribution in [0.2, 0.25) is 0 Å². The Morgan fingerprint density at radius 1 is 1.26 bits per heavy atom. The van der Waals surface area contributed by atoms with Crippen LogP contribution in [0.1, 0.15) is 16.7 Å². The number of nitrogens with one attached hydrogen (secondary N) is 2. The minimum Gasteiger partial charge on any atom is -0.336 e. The molecule has 0 aliphatic carbocycles. The van der Waals surface area contributed by atoms with Crippen LogP contribution in [0, 0.1) is 20.8 Å². The number of carbonyl (C=O) groups is 1. The van der Waals surface area contributed by atoms with Gasteiger partial charge in [0.2, 0.25) is 0 Å². The molecule has 0 saturated heterocycles. The molecule has 0 aliphatic heterocycles. The minimum atomic E-state index is -0.245. The first-order valence-electron chi connectivity index (χ1n) is 7.31. The molecule has 2 amide bonds. The number of thiazole rings is 1. The third-order valence-electron chi connectivity index (χ3n) is 3.32. The van der Waals surface area contributed by atoms with Gasteiger partial charge in [-0.05, 0) is 39.0 Å². The molecule has 2 heterocycles. The van der Waals surface area contributed by atoms with Crippen molar-refractivity contribution in [3.63, 3.8) is 0 Å². The van der Waals surface area contributed by atoms with Gasteiger partial charge in [0, 0.05) is 12.2 Å². The van der Waals surface area contributed by atoms with Crippen molar-refractivity contribution in [3.8, 4) is 0 Å². The van der Waals surface area contributed by atoms with Crippen molar-refractivity contribution >= 4 is 33.3 Å². The van der Waals surface area contributed by atoms with E-state index < -0.39 is 0 Å². The molecule has 2 N–H and O–H groups in total. The molecule has 7 nitrogen and oxygen atoms in total. The molecule has 3 aromatic rings. The normalized spacial score (nSPS) is 10.9. The summed E-state index contributed by atoms with van der Waals surface area (Å²) in [4.78, 5) is 20.6. The summed E-state index contributed by atoms with van der Waals surface area (Å²) in [5.74, 6) is 1.58. The average molecular weight is 330 g/mol. The molecule has 0 atom stereocenters. The van der Waals surface area contributed by atoms with Gasteiger partial charge in [-0.25, -0.2) is 19.4 Å². The predicted molar refractivity (Wildman–Crippen MR) is 90.9 cm³/mol. The van der Waals surface area contributed by atoms with E-state index in [4.69, 9.17) is 0 Å². The van der Waals surface area contributed by atoms with Gasteiger partial charge < -0.3 is 10.6 Å². The smallest absolute Gasteiger partial charge is 0.319 e. The van der Waals surface area contributed by atoms with Gasteiger partial charge in [0.05, 0.1) is 21.8 Å². The molecule has 23 heavy (non-hydrogen) atoms. The number of nitrogens with zero attached hydrogens (tertiary/aromatic N) is 4. The van der Waals surface area contributed by atoms with Gasteiger partial charge in [0.1, 0.15) is 11.6 Å². The van der Waals surface area contributed by atoms with Crippen LogP contribution >= 0.6 is 11.3 Å². The van der Waals surface area contributed by atoms with Crippen LogP contribution in [0.15, 0.2) is 18.2 Å². The van der Waals surface area contributed by atoms with Crippen LogP contribution in [0.5, 0.6) is 0 Å². The lowest BCUT2D eigenvalue weighted by atomic mass is 10.3. The van der Waals surface area contributed by atoms with Crippen molar-refractivity contribution in [2.75, 3.05) is 11.9 Å². The van der Waals surface area contributed by atoms with Gasteiger partial charge in [0.25, 0.3) is 0 Å². The molecule has 0 radical (unpaired) electrons. The van der Waals surface area contributed by atoms with Crippen LogP contribution in [0.25, 0.3) is 10.2 Å². The van der Waals surface area contributed by atoms with Gasteiger partial charge in [-0.2, -0.15) is 5.10 Å². The fourth-order valence-corrected chi connectivity index (χ4v) is 3.15. The summed E-state index contributed by atoms with van der Waals surface area (Å²) in [5, 5.41) is 10.9. The summed E-state index contributed by atoms with van der Waals surface area (Å²) in [6, 6.07) is 5.48. The number of hydrogen-bond donors (Lipinski definition) is 2. The van der Waals surface area contributed by atoms with Gasteiger partial charge in [-0.3, -0.25) is 0 Å². The average Bonchev–Trinajstić information content (AvgIpc) is 2.99. The van der Waals surface area contributed by atoms with Crippen molar-refractivity contribution < 1.29 is 4.79 Å². The first-order chi connectivity index (χ1) is 11.0. The van der Waals surface area contributed by atoms with E-state index in [2.05, 4.69) is 25.7 Å². The number of rotatable bonds is 4. The number of benzene rings is 1. The van der Waals surface area contributed by atoms with Crippen molar-refractivity contribution in [1.29, 1.82) is 0 Å². The standard InChI is InChI=1S/C15H18N6OS/c1-9-17-10(2)21(20-9)7-6-16-15(22)19-12-4-5-14-13(8-12)18-11(3)23-14/h4-5,8H,6-7H2,1-3H3,(H2,16,19,22). The zero-order chi connectivity index (χ0) is 16.4. The minimum absolute atomic E-state index is 0.245. The van der Waals surface area contributed by atoms with E-state index >= 15 is 0 Å². The Balaban J connectivity index is 1.54. The predicted octanol–water partition coefficient (Wildman–Crippen LogP) is 2.63. The summed E-state index contributed by atoms with van der Waals surface area (Å²) in [6.07, 6.45) is 0. The molecular weight excluding hydrogens is 312 g/mol. The van der Waals surface area contributed by atoms with Gasteiger partial charge in [-0.1, -0.05) is 0 Å². The maximum absolute atomic E-state index is 11.9. The molecule has 3 rings (SSSR count). The quantitative estimate of drug-likeness (QED) is 0.770. The Labute approximate surface area is 137 Å². The van der Waals surface area contributed by atoms with E-state index in [1.807, 2.05) is 39.0 Å². The van der Waals surface area contributed by atoms with Crippen molar-refractivity contribution in [3.05, 3.63) is 34.9 Å². The summed E-state index contributed by atoms with van der Waals surface area (Å²) >= 11 is 1.64. The Morgan fingerprint density at radius 2 is 2.09 bits per heavy atom. The summed E-state index contributed by atoms with van der Waals surface area (Å²) in [6.45, 7) is 6.78. The first kappa shape index (κ1) is 15.4. The molecule has 0 spiro atoms. The zero-order valence-electron chi connectivity index (χ0n) is 13.3. The van der Waals surface area contributed by atoms with Crippen LogP contribution in [-0.4, -0.2) is 32.3 Å². The number of carbonyl (C=O) groups excluding carboxylic acids is 1. The SMILES string of the molecule is Cc1nc(C)n(CCNC(=O)Nc2ccc3sc(C)nc3c2)n1. The number of hydrogen-bond acceptors (Lipinski definition) is 5. The molecule has 0 bridgehead atoms. The molecule has 0 unspecified atom stereocenters. The topological polar surface area (TPSA) is 84.7 Å². The summed E-state index contributed by atoms with van der Waals surface area (Å²) < 4.78 is 2.89. The molecule has 0 fully saturated rings. The van der Waals surface area contributed by atoms with E-state index in [0.717, 1.165) is 32.6 Å². The Bertz CT molecular complexity index is 853.